The number of carbonyl (C=O) groups is 1. The predicted octanol–water partition coefficient (Wildman–Crippen LogP) is 4.27. The molecule has 1 spiro atoms. The van der Waals surface area contributed by atoms with Gasteiger partial charge in [-0.25, -0.2) is 4.39 Å². The number of rotatable bonds is 3. The maximum absolute atomic E-state index is 13.5. The SMILES string of the molecule is O=C1N(c2ccccc2)CCCCC12CN(Cc1ccc(F)cc1Cl)CCO2. The molecule has 0 bridgehead atoms. The van der Waals surface area contributed by atoms with Crippen molar-refractivity contribution in [2.75, 3.05) is 31.1 Å². The minimum atomic E-state index is -0.836. The van der Waals surface area contributed by atoms with E-state index in [1.54, 1.807) is 6.07 Å². The number of amides is 1. The predicted molar refractivity (Wildman–Crippen MR) is 108 cm³/mol. The molecule has 0 saturated carbocycles. The van der Waals surface area contributed by atoms with E-state index in [4.69, 9.17) is 16.3 Å². The van der Waals surface area contributed by atoms with Gasteiger partial charge in [0.1, 0.15) is 5.82 Å². The molecular weight excluding hydrogens is 379 g/mol. The lowest BCUT2D eigenvalue weighted by molar-refractivity contribution is -0.158. The molecule has 148 valence electrons. The third-order valence-electron chi connectivity index (χ3n) is 5.59. The van der Waals surface area contributed by atoms with Crippen LogP contribution < -0.4 is 4.90 Å². The average Bonchev–Trinajstić information content (AvgIpc) is 2.85. The third kappa shape index (κ3) is 3.93. The Morgan fingerprint density at radius 1 is 1.11 bits per heavy atom. The Labute approximate surface area is 169 Å². The zero-order valence-electron chi connectivity index (χ0n) is 15.7. The first kappa shape index (κ1) is 19.4. The second-order valence-electron chi connectivity index (χ2n) is 7.54. The fourth-order valence-corrected chi connectivity index (χ4v) is 4.38. The number of para-hydroxylation sites is 1. The smallest absolute Gasteiger partial charge is 0.260 e. The molecule has 4 nitrogen and oxygen atoms in total. The van der Waals surface area contributed by atoms with E-state index in [0.29, 0.717) is 44.2 Å². The molecule has 0 aromatic heterocycles. The maximum atomic E-state index is 13.5. The number of benzene rings is 2. The lowest BCUT2D eigenvalue weighted by Gasteiger charge is -2.42. The summed E-state index contributed by atoms with van der Waals surface area (Å²) >= 11 is 6.21. The van der Waals surface area contributed by atoms with E-state index < -0.39 is 5.60 Å². The van der Waals surface area contributed by atoms with Crippen molar-refractivity contribution in [2.24, 2.45) is 0 Å². The minimum absolute atomic E-state index is 0.0334. The van der Waals surface area contributed by atoms with E-state index in [1.165, 1.54) is 12.1 Å². The van der Waals surface area contributed by atoms with Crippen LogP contribution in [0, 0.1) is 5.82 Å². The van der Waals surface area contributed by atoms with Gasteiger partial charge in [-0.2, -0.15) is 0 Å². The second kappa shape index (κ2) is 8.19. The molecule has 6 heteroatoms. The summed E-state index contributed by atoms with van der Waals surface area (Å²) in [6.07, 6.45) is 2.61. The molecule has 2 heterocycles. The molecule has 0 radical (unpaired) electrons. The Balaban J connectivity index is 1.56. The highest BCUT2D eigenvalue weighted by Crippen LogP contribution is 2.33. The quantitative estimate of drug-likeness (QED) is 0.768. The number of nitrogens with zero attached hydrogens (tertiary/aromatic N) is 2. The van der Waals surface area contributed by atoms with E-state index in [1.807, 2.05) is 35.2 Å². The monoisotopic (exact) mass is 402 g/mol. The summed E-state index contributed by atoms with van der Waals surface area (Å²) in [7, 11) is 0. The molecule has 4 rings (SSSR count). The van der Waals surface area contributed by atoms with Crippen LogP contribution in [-0.2, 0) is 16.1 Å². The van der Waals surface area contributed by atoms with Gasteiger partial charge in [-0.3, -0.25) is 9.69 Å². The topological polar surface area (TPSA) is 32.8 Å². The van der Waals surface area contributed by atoms with E-state index in [9.17, 15) is 9.18 Å². The van der Waals surface area contributed by atoms with Crippen molar-refractivity contribution in [3.63, 3.8) is 0 Å². The van der Waals surface area contributed by atoms with Gasteiger partial charge in [0, 0.05) is 36.9 Å². The fourth-order valence-electron chi connectivity index (χ4n) is 4.15. The van der Waals surface area contributed by atoms with Crippen LogP contribution in [0.15, 0.2) is 48.5 Å². The zero-order chi connectivity index (χ0) is 19.6. The highest BCUT2D eigenvalue weighted by molar-refractivity contribution is 6.31. The third-order valence-corrected chi connectivity index (χ3v) is 5.94. The van der Waals surface area contributed by atoms with Crippen molar-refractivity contribution >= 4 is 23.2 Å². The standard InChI is InChI=1S/C22H24ClFN2O2/c23-20-14-18(24)9-8-17(20)15-25-12-13-28-22(16-25)10-4-5-11-26(21(22)27)19-6-2-1-3-7-19/h1-3,6-9,14H,4-5,10-13,15-16H2. The van der Waals surface area contributed by atoms with Gasteiger partial charge in [0.2, 0.25) is 0 Å². The van der Waals surface area contributed by atoms with Crippen LogP contribution in [0.4, 0.5) is 10.1 Å². The summed E-state index contributed by atoms with van der Waals surface area (Å²) in [5.74, 6) is -0.309. The number of carbonyl (C=O) groups excluding carboxylic acids is 1. The zero-order valence-corrected chi connectivity index (χ0v) is 16.5. The number of anilines is 1. The van der Waals surface area contributed by atoms with Crippen LogP contribution in [0.5, 0.6) is 0 Å². The van der Waals surface area contributed by atoms with Crippen LogP contribution in [0.2, 0.25) is 5.02 Å². The maximum Gasteiger partial charge on any atom is 0.260 e. The summed E-state index contributed by atoms with van der Waals surface area (Å²) in [4.78, 5) is 17.6. The number of ether oxygens (including phenoxy) is 1. The molecule has 2 saturated heterocycles. The first-order valence-electron chi connectivity index (χ1n) is 9.75. The van der Waals surface area contributed by atoms with Gasteiger partial charge in [0.25, 0.3) is 5.91 Å². The largest absolute Gasteiger partial charge is 0.362 e. The van der Waals surface area contributed by atoms with Crippen LogP contribution in [0.25, 0.3) is 0 Å². The van der Waals surface area contributed by atoms with E-state index in [-0.39, 0.29) is 11.7 Å². The first-order valence-corrected chi connectivity index (χ1v) is 10.1. The van der Waals surface area contributed by atoms with Gasteiger partial charge in [-0.1, -0.05) is 35.9 Å². The van der Waals surface area contributed by atoms with Crippen molar-refractivity contribution in [2.45, 2.75) is 31.4 Å². The number of halogens is 2. The lowest BCUT2D eigenvalue weighted by Crippen LogP contribution is -2.59. The van der Waals surface area contributed by atoms with Crippen LogP contribution >= 0.6 is 11.6 Å². The number of morpholine rings is 1. The molecule has 2 aliphatic heterocycles. The molecule has 2 aliphatic rings. The molecule has 2 fully saturated rings. The molecular formula is C22H24ClFN2O2. The van der Waals surface area contributed by atoms with E-state index >= 15 is 0 Å². The first-order chi connectivity index (χ1) is 13.6. The second-order valence-corrected chi connectivity index (χ2v) is 7.95. The summed E-state index contributed by atoms with van der Waals surface area (Å²) in [6.45, 7) is 3.00. The Morgan fingerprint density at radius 2 is 1.93 bits per heavy atom. The van der Waals surface area contributed by atoms with Crippen molar-refractivity contribution in [1.82, 2.24) is 4.90 Å². The normalized spacial score (nSPS) is 23.8. The Kier molecular flexibility index (Phi) is 5.67. The molecule has 1 atom stereocenters. The van der Waals surface area contributed by atoms with Crippen LogP contribution in [0.3, 0.4) is 0 Å². The van der Waals surface area contributed by atoms with Gasteiger partial charge in [-0.05, 0) is 49.1 Å². The van der Waals surface area contributed by atoms with Gasteiger partial charge >= 0.3 is 0 Å². The summed E-state index contributed by atoms with van der Waals surface area (Å²) in [6, 6.07) is 14.3. The van der Waals surface area contributed by atoms with Gasteiger partial charge < -0.3 is 9.64 Å². The van der Waals surface area contributed by atoms with Gasteiger partial charge in [-0.15, -0.1) is 0 Å². The summed E-state index contributed by atoms with van der Waals surface area (Å²) in [5.41, 5.74) is 0.939. The molecule has 28 heavy (non-hydrogen) atoms. The Hall–Kier alpha value is -1.95. The lowest BCUT2D eigenvalue weighted by atomic mass is 9.93. The van der Waals surface area contributed by atoms with Crippen LogP contribution in [-0.4, -0.2) is 42.6 Å². The molecule has 0 N–H and O–H groups in total. The fraction of sp³-hybridized carbons (Fsp3) is 0.409. The molecule has 1 amide bonds. The van der Waals surface area contributed by atoms with Crippen molar-refractivity contribution < 1.29 is 13.9 Å². The van der Waals surface area contributed by atoms with Crippen molar-refractivity contribution in [1.29, 1.82) is 0 Å². The van der Waals surface area contributed by atoms with Gasteiger partial charge in [0.15, 0.2) is 5.60 Å². The molecule has 2 aromatic carbocycles. The van der Waals surface area contributed by atoms with Crippen molar-refractivity contribution in [3.05, 3.63) is 64.9 Å². The summed E-state index contributed by atoms with van der Waals surface area (Å²) in [5, 5.41) is 0.415. The minimum Gasteiger partial charge on any atom is -0.362 e. The number of hydrogen-bond acceptors (Lipinski definition) is 3. The van der Waals surface area contributed by atoms with Crippen molar-refractivity contribution in [3.8, 4) is 0 Å². The highest BCUT2D eigenvalue weighted by Gasteiger charge is 2.47. The average molecular weight is 403 g/mol. The Morgan fingerprint density at radius 3 is 2.71 bits per heavy atom. The van der Waals surface area contributed by atoms with Gasteiger partial charge in [0.05, 0.1) is 6.61 Å². The van der Waals surface area contributed by atoms with E-state index in [2.05, 4.69) is 4.90 Å². The highest BCUT2D eigenvalue weighted by atomic mass is 35.5. The summed E-state index contributed by atoms with van der Waals surface area (Å²) < 4.78 is 19.5. The van der Waals surface area contributed by atoms with E-state index in [0.717, 1.165) is 24.1 Å². The molecule has 0 aliphatic carbocycles. The van der Waals surface area contributed by atoms with Crippen LogP contribution in [0.1, 0.15) is 24.8 Å². The molecule has 1 unspecified atom stereocenters. The number of hydrogen-bond donors (Lipinski definition) is 0. The Bertz CT molecular complexity index is 848. The molecule has 2 aromatic rings.